The van der Waals surface area contributed by atoms with Gasteiger partial charge in [-0.05, 0) is 6.42 Å². The fourth-order valence-corrected chi connectivity index (χ4v) is 0.700. The molecule has 0 aromatic carbocycles. The highest BCUT2D eigenvalue weighted by Gasteiger charge is 1.99. The molecule has 0 atom stereocenters. The van der Waals surface area contributed by atoms with Crippen LogP contribution in [-0.2, 0) is 4.79 Å². The summed E-state index contributed by atoms with van der Waals surface area (Å²) in [5.41, 5.74) is 0.252. The summed E-state index contributed by atoms with van der Waals surface area (Å²) < 4.78 is 0. The van der Waals surface area contributed by atoms with Crippen LogP contribution in [0.15, 0.2) is 12.2 Å². The molecular weight excluding hydrogens is 172 g/mol. The van der Waals surface area contributed by atoms with Gasteiger partial charge < -0.3 is 5.11 Å². The molecule has 0 aromatic rings. The van der Waals surface area contributed by atoms with Gasteiger partial charge in [0.25, 0.3) is 0 Å². The maximum Gasteiger partial charge on any atom is 0.330 e. The third kappa shape index (κ3) is 2.80. The van der Waals surface area contributed by atoms with Crippen LogP contribution in [0.2, 0.25) is 0 Å². The SMILES string of the molecule is C=C(CCBr)C(=O)O. The number of aliphatic carboxylic acids is 1. The molecule has 1 N–H and O–H groups in total. The smallest absolute Gasteiger partial charge is 0.330 e. The van der Waals surface area contributed by atoms with Gasteiger partial charge in [-0.15, -0.1) is 0 Å². The van der Waals surface area contributed by atoms with Crippen LogP contribution in [0.25, 0.3) is 0 Å². The van der Waals surface area contributed by atoms with E-state index in [1.165, 1.54) is 0 Å². The summed E-state index contributed by atoms with van der Waals surface area (Å²) in [5, 5.41) is 8.86. The van der Waals surface area contributed by atoms with E-state index in [1.54, 1.807) is 0 Å². The molecule has 2 nitrogen and oxygen atoms in total. The third-order valence-corrected chi connectivity index (χ3v) is 1.10. The Morgan fingerprint density at radius 1 is 1.75 bits per heavy atom. The third-order valence-electron chi connectivity index (χ3n) is 0.699. The van der Waals surface area contributed by atoms with Crippen molar-refractivity contribution in [1.29, 1.82) is 0 Å². The zero-order chi connectivity index (χ0) is 6.57. The molecule has 0 aromatic heterocycles. The first-order valence-electron chi connectivity index (χ1n) is 2.15. The predicted octanol–water partition coefficient (Wildman–Crippen LogP) is 1.41. The van der Waals surface area contributed by atoms with Gasteiger partial charge in [0.1, 0.15) is 0 Å². The summed E-state index contributed by atoms with van der Waals surface area (Å²) in [4.78, 5) is 9.97. The Hall–Kier alpha value is -0.310. The van der Waals surface area contributed by atoms with Gasteiger partial charge in [-0.2, -0.15) is 0 Å². The number of hydrogen-bond acceptors (Lipinski definition) is 1. The van der Waals surface area contributed by atoms with Crippen molar-refractivity contribution in [2.75, 3.05) is 5.33 Å². The molecule has 0 radical (unpaired) electrons. The quantitative estimate of drug-likeness (QED) is 0.525. The lowest BCUT2D eigenvalue weighted by molar-refractivity contribution is -0.132. The molecule has 0 heterocycles. The molecule has 8 heavy (non-hydrogen) atoms. The van der Waals surface area contributed by atoms with Crippen LogP contribution in [-0.4, -0.2) is 16.4 Å². The van der Waals surface area contributed by atoms with Gasteiger partial charge in [-0.1, -0.05) is 22.5 Å². The van der Waals surface area contributed by atoms with Gasteiger partial charge in [0.15, 0.2) is 0 Å². The Bertz CT molecular complexity index is 109. The Labute approximate surface area is 56.3 Å². The topological polar surface area (TPSA) is 37.3 Å². The van der Waals surface area contributed by atoms with Gasteiger partial charge in [0.05, 0.1) is 0 Å². The highest BCUT2D eigenvalue weighted by atomic mass is 79.9. The van der Waals surface area contributed by atoms with E-state index in [1.807, 2.05) is 0 Å². The van der Waals surface area contributed by atoms with Crippen LogP contribution in [0.4, 0.5) is 0 Å². The fourth-order valence-electron chi connectivity index (χ4n) is 0.221. The van der Waals surface area contributed by atoms with Crippen molar-refractivity contribution in [1.82, 2.24) is 0 Å². The molecule has 0 fully saturated rings. The first-order chi connectivity index (χ1) is 3.68. The summed E-state index contributed by atoms with van der Waals surface area (Å²) >= 11 is 3.09. The summed E-state index contributed by atoms with van der Waals surface area (Å²) in [6.45, 7) is 3.31. The highest BCUT2D eigenvalue weighted by molar-refractivity contribution is 9.09. The molecule has 0 amide bonds. The second-order valence-corrected chi connectivity index (χ2v) is 2.14. The van der Waals surface area contributed by atoms with Crippen LogP contribution in [0.5, 0.6) is 0 Å². The number of hydrogen-bond donors (Lipinski definition) is 1. The monoisotopic (exact) mass is 178 g/mol. The van der Waals surface area contributed by atoms with Crippen LogP contribution < -0.4 is 0 Å². The van der Waals surface area contributed by atoms with Crippen molar-refractivity contribution >= 4 is 21.9 Å². The van der Waals surface area contributed by atoms with E-state index in [9.17, 15) is 4.79 Å². The molecule has 0 saturated heterocycles. The fraction of sp³-hybridized carbons (Fsp3) is 0.400. The van der Waals surface area contributed by atoms with E-state index in [0.717, 1.165) is 0 Å². The highest BCUT2D eigenvalue weighted by Crippen LogP contribution is 1.99. The van der Waals surface area contributed by atoms with Crippen molar-refractivity contribution in [2.45, 2.75) is 6.42 Å². The minimum absolute atomic E-state index is 0.252. The normalized spacial score (nSPS) is 8.62. The standard InChI is InChI=1S/C5H7BrO2/c1-4(2-3-6)5(7)8/h1-3H2,(H,7,8). The number of halogens is 1. The molecule has 3 heteroatoms. The first-order valence-corrected chi connectivity index (χ1v) is 3.27. The van der Waals surface area contributed by atoms with Crippen molar-refractivity contribution in [2.24, 2.45) is 0 Å². The largest absolute Gasteiger partial charge is 0.478 e. The van der Waals surface area contributed by atoms with Gasteiger partial charge in [-0.3, -0.25) is 0 Å². The van der Waals surface area contributed by atoms with Gasteiger partial charge in [-0.25, -0.2) is 4.79 Å². The molecule has 0 bridgehead atoms. The van der Waals surface area contributed by atoms with Crippen LogP contribution >= 0.6 is 15.9 Å². The molecule has 0 unspecified atom stereocenters. The molecule has 46 valence electrons. The zero-order valence-corrected chi connectivity index (χ0v) is 5.94. The van der Waals surface area contributed by atoms with E-state index in [4.69, 9.17) is 5.11 Å². The lowest BCUT2D eigenvalue weighted by Gasteiger charge is -1.91. The van der Waals surface area contributed by atoms with E-state index < -0.39 is 5.97 Å². The molecule has 0 rings (SSSR count). The molecular formula is C5H7BrO2. The number of alkyl halides is 1. The average molecular weight is 179 g/mol. The van der Waals surface area contributed by atoms with Crippen molar-refractivity contribution in [3.8, 4) is 0 Å². The Morgan fingerprint density at radius 2 is 2.25 bits per heavy atom. The lowest BCUT2D eigenvalue weighted by atomic mass is 10.2. The van der Waals surface area contributed by atoms with Crippen molar-refractivity contribution in [3.05, 3.63) is 12.2 Å². The first kappa shape index (κ1) is 7.69. The zero-order valence-electron chi connectivity index (χ0n) is 4.35. The molecule has 0 aliphatic heterocycles. The lowest BCUT2D eigenvalue weighted by Crippen LogP contribution is -1.98. The van der Waals surface area contributed by atoms with E-state index in [2.05, 4.69) is 22.5 Å². The Kier molecular flexibility index (Phi) is 3.52. The van der Waals surface area contributed by atoms with E-state index >= 15 is 0 Å². The van der Waals surface area contributed by atoms with Crippen LogP contribution in [0, 0.1) is 0 Å². The van der Waals surface area contributed by atoms with Crippen molar-refractivity contribution < 1.29 is 9.90 Å². The molecule has 0 saturated carbocycles. The maximum atomic E-state index is 9.97. The molecule has 0 aliphatic rings. The number of carboxylic acid groups (broad SMARTS) is 1. The minimum Gasteiger partial charge on any atom is -0.478 e. The van der Waals surface area contributed by atoms with Crippen LogP contribution in [0.3, 0.4) is 0 Å². The summed E-state index contributed by atoms with van der Waals surface area (Å²) in [6, 6.07) is 0. The Balaban J connectivity index is 3.49. The maximum absolute atomic E-state index is 9.97. The summed E-state index contributed by atoms with van der Waals surface area (Å²) in [5.74, 6) is -0.913. The number of carbonyl (C=O) groups is 1. The number of carboxylic acids is 1. The van der Waals surface area contributed by atoms with Gasteiger partial charge >= 0.3 is 5.97 Å². The van der Waals surface area contributed by atoms with E-state index in [-0.39, 0.29) is 5.57 Å². The number of rotatable bonds is 3. The average Bonchev–Trinajstić information content (AvgIpc) is 1.67. The minimum atomic E-state index is -0.913. The van der Waals surface area contributed by atoms with Gasteiger partial charge in [0, 0.05) is 10.9 Å². The van der Waals surface area contributed by atoms with Crippen molar-refractivity contribution in [3.63, 3.8) is 0 Å². The van der Waals surface area contributed by atoms with E-state index in [0.29, 0.717) is 11.8 Å². The summed E-state index contributed by atoms with van der Waals surface area (Å²) in [6.07, 6.45) is 0.509. The Morgan fingerprint density at radius 3 is 2.38 bits per heavy atom. The molecule has 0 aliphatic carbocycles. The molecule has 0 spiro atoms. The van der Waals surface area contributed by atoms with Crippen LogP contribution in [0.1, 0.15) is 6.42 Å². The second kappa shape index (κ2) is 3.66. The second-order valence-electron chi connectivity index (χ2n) is 1.35. The summed E-state index contributed by atoms with van der Waals surface area (Å²) in [7, 11) is 0. The predicted molar refractivity (Wildman–Crippen MR) is 35.2 cm³/mol. The van der Waals surface area contributed by atoms with Gasteiger partial charge in [0.2, 0.25) is 0 Å².